The molecule has 2 heterocycles. The van der Waals surface area contributed by atoms with Crippen LogP contribution in [0.2, 0.25) is 0 Å². The van der Waals surface area contributed by atoms with Crippen LogP contribution in [0.15, 0.2) is 131 Å². The molecule has 2 rings (SSSR count). The highest BCUT2D eigenvalue weighted by atomic mass is 16.7. The van der Waals surface area contributed by atoms with E-state index in [1.807, 2.05) is 78.0 Å². The molecule has 14 nitrogen and oxygen atoms in total. The van der Waals surface area contributed by atoms with Crippen molar-refractivity contribution in [3.8, 4) is 0 Å². The van der Waals surface area contributed by atoms with Gasteiger partial charge in [0.2, 0.25) is 0 Å². The number of ether oxygens (including phenoxy) is 6. The van der Waals surface area contributed by atoms with E-state index in [9.17, 15) is 40.2 Å². The lowest BCUT2D eigenvalue weighted by atomic mass is 9.96. The van der Waals surface area contributed by atoms with Gasteiger partial charge in [-0.1, -0.05) is 145 Å². The summed E-state index contributed by atoms with van der Waals surface area (Å²) in [4.78, 5) is 23.6. The number of carbonyl (C=O) groups excluding carboxylic acids is 2. The SMILES string of the molecule is CCCC(=O)OC[C@H]1O[C@@H](OC(C)(C)CCC/C(C)=C/C=C/C(C)=C/C=C/C(C)=C/C=C/C=C(C)/C=C/C=C(C)/C=C/C=C(\C)CCCC(C)(C)O[C@@H]2O[C@H](COC(=O)CCC)[C@@H](O)[C@H](O)[C@H]2O)[C@H](O)[C@@H](O)[C@@H]1O. The number of carbonyl (C=O) groups is 2. The van der Waals surface area contributed by atoms with Gasteiger partial charge in [-0.25, -0.2) is 0 Å². The highest BCUT2D eigenvalue weighted by Gasteiger charge is 2.47. The summed E-state index contributed by atoms with van der Waals surface area (Å²) in [6.45, 7) is 23.1. The highest BCUT2D eigenvalue weighted by Crippen LogP contribution is 2.31. The van der Waals surface area contributed by atoms with Crippen molar-refractivity contribution in [3.05, 3.63) is 131 Å². The van der Waals surface area contributed by atoms with Gasteiger partial charge in [0.1, 0.15) is 62.0 Å². The van der Waals surface area contributed by atoms with Gasteiger partial charge in [0.05, 0.1) is 11.2 Å². The molecule has 74 heavy (non-hydrogen) atoms. The molecule has 0 aromatic heterocycles. The van der Waals surface area contributed by atoms with Gasteiger partial charge < -0.3 is 59.1 Å². The molecular formula is C60H92O14. The Morgan fingerprint density at radius 1 is 0.446 bits per heavy atom. The molecule has 0 unspecified atom stereocenters. The fourth-order valence-electron chi connectivity index (χ4n) is 7.77. The van der Waals surface area contributed by atoms with E-state index in [0.717, 1.165) is 48.0 Å². The summed E-state index contributed by atoms with van der Waals surface area (Å²) in [7, 11) is 0. The number of aliphatic hydroxyl groups excluding tert-OH is 6. The standard InChI is InChI=1S/C60H92O14/c1-13-23-49(61)69-39-47-51(63)53(65)55(67)57(71-47)73-59(9,10)37-21-35-45(7)33-19-31-43(5)29-17-27-41(3)25-15-16-26-42(4)28-18-30-44(6)32-20-34-46(8)36-22-38-60(11,12)74-58-56(68)54(66)52(64)48(72-58)40-70-50(62)24-14-2/h15-20,25-34,47-48,51-58,63-68H,13-14,21-24,35-40H2,1-12H3/b16-15+,27-17+,28-18+,31-19+,32-20+,41-25+,42-26+,43-29+,44-30+,45-33+,46-34+/t47-,48-,51-,52-,53+,54+,55-,56-,57+,58+/m1/s1. The zero-order chi connectivity index (χ0) is 55.4. The number of esters is 2. The summed E-state index contributed by atoms with van der Waals surface area (Å²) in [5.74, 6) is -0.844. The lowest BCUT2D eigenvalue weighted by molar-refractivity contribution is -0.324. The molecule has 0 bridgehead atoms. The molecular weight excluding hydrogens is 945 g/mol. The third-order valence-corrected chi connectivity index (χ3v) is 12.4. The normalized spacial score (nSPS) is 26.7. The smallest absolute Gasteiger partial charge is 0.305 e. The van der Waals surface area contributed by atoms with Gasteiger partial charge in [-0.15, -0.1) is 0 Å². The van der Waals surface area contributed by atoms with E-state index in [1.54, 1.807) is 0 Å². The molecule has 0 aromatic carbocycles. The monoisotopic (exact) mass is 1040 g/mol. The van der Waals surface area contributed by atoms with E-state index in [0.29, 0.717) is 25.7 Å². The van der Waals surface area contributed by atoms with E-state index < -0.39 is 84.6 Å². The molecule has 2 aliphatic rings. The largest absolute Gasteiger partial charge is 0.463 e. The molecule has 0 saturated carbocycles. The number of allylic oxidation sites excluding steroid dienone is 22. The van der Waals surface area contributed by atoms with Crippen molar-refractivity contribution in [1.29, 1.82) is 0 Å². The van der Waals surface area contributed by atoms with E-state index in [4.69, 9.17) is 28.4 Å². The summed E-state index contributed by atoms with van der Waals surface area (Å²) < 4.78 is 34.0. The van der Waals surface area contributed by atoms with Crippen molar-refractivity contribution in [3.63, 3.8) is 0 Å². The summed E-state index contributed by atoms with van der Waals surface area (Å²) >= 11 is 0. The summed E-state index contributed by atoms with van der Waals surface area (Å²) in [5, 5.41) is 62.7. The van der Waals surface area contributed by atoms with Gasteiger partial charge in [-0.3, -0.25) is 9.59 Å². The molecule has 10 atom stereocenters. The van der Waals surface area contributed by atoms with Crippen molar-refractivity contribution in [1.82, 2.24) is 0 Å². The van der Waals surface area contributed by atoms with Crippen LogP contribution in [0.1, 0.15) is 147 Å². The third kappa shape index (κ3) is 26.4. The zero-order valence-electron chi connectivity index (χ0n) is 46.4. The maximum absolute atomic E-state index is 11.8. The first-order chi connectivity index (χ1) is 34.9. The second-order valence-corrected chi connectivity index (χ2v) is 20.8. The number of aliphatic hydroxyl groups is 6. The number of hydrogen-bond acceptors (Lipinski definition) is 14. The predicted molar refractivity (Wildman–Crippen MR) is 291 cm³/mol. The van der Waals surface area contributed by atoms with E-state index in [-0.39, 0.29) is 26.1 Å². The van der Waals surface area contributed by atoms with Crippen molar-refractivity contribution >= 4 is 11.9 Å². The minimum Gasteiger partial charge on any atom is -0.463 e. The molecule has 2 saturated heterocycles. The average molecular weight is 1040 g/mol. The van der Waals surface area contributed by atoms with E-state index in [1.165, 1.54) is 11.1 Å². The Bertz CT molecular complexity index is 1920. The predicted octanol–water partition coefficient (Wildman–Crippen LogP) is 9.68. The summed E-state index contributed by atoms with van der Waals surface area (Å²) in [5.41, 5.74) is 5.46. The van der Waals surface area contributed by atoms with Gasteiger partial charge in [0.15, 0.2) is 12.6 Å². The first-order valence-electron chi connectivity index (χ1n) is 26.3. The number of rotatable bonds is 30. The summed E-state index contributed by atoms with van der Waals surface area (Å²) in [6.07, 6.45) is 26.0. The molecule has 2 aliphatic heterocycles. The fraction of sp³-hybridized carbons (Fsp3) is 0.600. The lowest BCUT2D eigenvalue weighted by Gasteiger charge is -2.43. The number of hydrogen-bond donors (Lipinski definition) is 6. The second kappa shape index (κ2) is 34.4. The first kappa shape index (κ1) is 65.8. The Balaban J connectivity index is 1.76. The Morgan fingerprint density at radius 2 is 0.757 bits per heavy atom. The quantitative estimate of drug-likeness (QED) is 0.0292. The van der Waals surface area contributed by atoms with Crippen LogP contribution in [0.25, 0.3) is 0 Å². The topological polar surface area (TPSA) is 211 Å². The molecule has 6 N–H and O–H groups in total. The van der Waals surface area contributed by atoms with Gasteiger partial charge in [-0.2, -0.15) is 0 Å². The molecule has 0 amide bonds. The maximum atomic E-state index is 11.8. The Kier molecular flexibility index (Phi) is 30.6. The zero-order valence-corrected chi connectivity index (χ0v) is 46.4. The van der Waals surface area contributed by atoms with Crippen LogP contribution in [-0.4, -0.2) is 128 Å². The van der Waals surface area contributed by atoms with Crippen LogP contribution in [0.3, 0.4) is 0 Å². The van der Waals surface area contributed by atoms with Crippen molar-refractivity contribution in [2.75, 3.05) is 13.2 Å². The lowest BCUT2D eigenvalue weighted by Crippen LogP contribution is -2.60. The Morgan fingerprint density at radius 3 is 1.08 bits per heavy atom. The molecule has 14 heteroatoms. The van der Waals surface area contributed by atoms with Crippen LogP contribution in [0, 0.1) is 0 Å². The van der Waals surface area contributed by atoms with Crippen molar-refractivity contribution < 1.29 is 68.6 Å². The molecule has 416 valence electrons. The molecule has 2 fully saturated rings. The third-order valence-electron chi connectivity index (χ3n) is 12.4. The first-order valence-corrected chi connectivity index (χ1v) is 26.3. The van der Waals surface area contributed by atoms with Crippen LogP contribution in [0.5, 0.6) is 0 Å². The van der Waals surface area contributed by atoms with E-state index in [2.05, 4.69) is 102 Å². The second-order valence-electron chi connectivity index (χ2n) is 20.8. The molecule has 0 radical (unpaired) electrons. The van der Waals surface area contributed by atoms with Crippen LogP contribution in [-0.2, 0) is 38.0 Å². The molecule has 0 aliphatic carbocycles. The fourth-order valence-corrected chi connectivity index (χ4v) is 7.77. The Labute approximate surface area is 442 Å². The van der Waals surface area contributed by atoms with Gasteiger partial charge in [-0.05, 0) is 121 Å². The average Bonchev–Trinajstić information content (AvgIpc) is 3.32. The van der Waals surface area contributed by atoms with Gasteiger partial charge in [0, 0.05) is 12.8 Å². The van der Waals surface area contributed by atoms with Crippen LogP contribution < -0.4 is 0 Å². The molecule has 0 spiro atoms. The van der Waals surface area contributed by atoms with Crippen LogP contribution >= 0.6 is 0 Å². The minimum atomic E-state index is -1.50. The van der Waals surface area contributed by atoms with Crippen LogP contribution in [0.4, 0.5) is 0 Å². The van der Waals surface area contributed by atoms with Crippen molar-refractivity contribution in [2.45, 2.75) is 220 Å². The molecule has 0 aromatic rings. The highest BCUT2D eigenvalue weighted by molar-refractivity contribution is 5.69. The van der Waals surface area contributed by atoms with Crippen molar-refractivity contribution in [2.24, 2.45) is 0 Å². The van der Waals surface area contributed by atoms with Gasteiger partial charge in [0.25, 0.3) is 0 Å². The maximum Gasteiger partial charge on any atom is 0.305 e. The van der Waals surface area contributed by atoms with Gasteiger partial charge >= 0.3 is 11.9 Å². The van der Waals surface area contributed by atoms with E-state index >= 15 is 0 Å². The minimum absolute atomic E-state index is 0.238. The Hall–Kier alpha value is -4.32. The summed E-state index contributed by atoms with van der Waals surface area (Å²) in [6, 6.07) is 0.